The number of aromatic nitrogens is 2. The molecule has 3 rings (SSSR count). The van der Waals surface area contributed by atoms with E-state index in [0.717, 1.165) is 27.9 Å². The molecule has 0 unspecified atom stereocenters. The number of amides is 1. The van der Waals surface area contributed by atoms with Crippen molar-refractivity contribution in [1.29, 1.82) is 0 Å². The van der Waals surface area contributed by atoms with Crippen LogP contribution in [0.15, 0.2) is 42.6 Å². The number of nitrogens with one attached hydrogen (secondary N) is 1. The number of H-pyrrole nitrogens is 1. The number of hydrogen-bond acceptors (Lipinski definition) is 2. The molecule has 118 valence electrons. The molecule has 1 amide bonds. The van der Waals surface area contributed by atoms with Gasteiger partial charge in [-0.3, -0.25) is 9.78 Å². The summed E-state index contributed by atoms with van der Waals surface area (Å²) in [7, 11) is 1.83. The fourth-order valence-electron chi connectivity index (χ4n) is 2.67. The van der Waals surface area contributed by atoms with Gasteiger partial charge in [-0.05, 0) is 49.9 Å². The van der Waals surface area contributed by atoms with Crippen molar-refractivity contribution >= 4 is 16.8 Å². The predicted octanol–water partition coefficient (Wildman–Crippen LogP) is 4.01. The van der Waals surface area contributed by atoms with Crippen LogP contribution in [0.25, 0.3) is 10.9 Å². The number of carbonyl (C=O) groups excluding carboxylic acids is 1. The van der Waals surface area contributed by atoms with Gasteiger partial charge in [0.1, 0.15) is 0 Å². The highest BCUT2D eigenvalue weighted by Crippen LogP contribution is 2.24. The zero-order valence-electron chi connectivity index (χ0n) is 13.9. The first-order valence-electron chi connectivity index (χ1n) is 7.75. The first-order valence-corrected chi connectivity index (χ1v) is 7.75. The highest BCUT2D eigenvalue weighted by Gasteiger charge is 2.21. The van der Waals surface area contributed by atoms with Crippen molar-refractivity contribution in [3.05, 3.63) is 65.1 Å². The minimum atomic E-state index is -0.0449. The number of para-hydroxylation sites is 1. The molecule has 0 fully saturated rings. The van der Waals surface area contributed by atoms with Crippen molar-refractivity contribution < 1.29 is 4.79 Å². The van der Waals surface area contributed by atoms with Gasteiger partial charge < -0.3 is 9.88 Å². The quantitative estimate of drug-likeness (QED) is 0.794. The normalized spacial score (nSPS) is 12.3. The number of pyridine rings is 1. The van der Waals surface area contributed by atoms with Crippen molar-refractivity contribution in [3.63, 3.8) is 0 Å². The third-order valence-electron chi connectivity index (χ3n) is 4.49. The summed E-state index contributed by atoms with van der Waals surface area (Å²) >= 11 is 0. The lowest BCUT2D eigenvalue weighted by Crippen LogP contribution is -2.30. The van der Waals surface area contributed by atoms with E-state index in [2.05, 4.69) is 22.1 Å². The van der Waals surface area contributed by atoms with Crippen molar-refractivity contribution in [2.24, 2.45) is 0 Å². The molecule has 0 aliphatic rings. The number of carbonyl (C=O) groups is 1. The Morgan fingerprint density at radius 3 is 2.65 bits per heavy atom. The molecular weight excluding hydrogens is 286 g/mol. The van der Waals surface area contributed by atoms with Gasteiger partial charge in [-0.25, -0.2) is 0 Å². The molecule has 0 spiro atoms. The van der Waals surface area contributed by atoms with Crippen LogP contribution in [0.3, 0.4) is 0 Å². The third kappa shape index (κ3) is 2.84. The minimum Gasteiger partial charge on any atom is -0.357 e. The molecule has 1 atom stereocenters. The van der Waals surface area contributed by atoms with E-state index >= 15 is 0 Å². The van der Waals surface area contributed by atoms with Crippen molar-refractivity contribution in [2.45, 2.75) is 26.8 Å². The second kappa shape index (κ2) is 5.88. The molecule has 0 radical (unpaired) electrons. The summed E-state index contributed by atoms with van der Waals surface area (Å²) in [6, 6.07) is 12.1. The summed E-state index contributed by atoms with van der Waals surface area (Å²) in [6.07, 6.45) is 1.65. The third-order valence-corrected chi connectivity index (χ3v) is 4.49. The molecule has 23 heavy (non-hydrogen) atoms. The van der Waals surface area contributed by atoms with Crippen molar-refractivity contribution in [3.8, 4) is 0 Å². The Hall–Kier alpha value is -2.62. The number of rotatable bonds is 3. The van der Waals surface area contributed by atoms with E-state index in [1.54, 1.807) is 11.1 Å². The maximum absolute atomic E-state index is 12.7. The smallest absolute Gasteiger partial charge is 0.255 e. The largest absolute Gasteiger partial charge is 0.357 e. The molecule has 2 aromatic heterocycles. The lowest BCUT2D eigenvalue weighted by Gasteiger charge is -2.24. The van der Waals surface area contributed by atoms with E-state index < -0.39 is 0 Å². The van der Waals surface area contributed by atoms with Gasteiger partial charge in [-0.1, -0.05) is 18.2 Å². The fraction of sp³-hybridized carbons (Fsp3) is 0.263. The minimum absolute atomic E-state index is 0.0215. The number of fused-ring (bicyclic) bond motifs is 1. The van der Waals surface area contributed by atoms with Crippen LogP contribution in [0.2, 0.25) is 0 Å². The van der Waals surface area contributed by atoms with Gasteiger partial charge in [0.05, 0.1) is 11.6 Å². The SMILES string of the molecule is Cc1cc(C(=O)N(C)[C@H](C)c2cc3ccccc3[nH]2)cnc1C. The first kappa shape index (κ1) is 15.3. The summed E-state index contributed by atoms with van der Waals surface area (Å²) in [6.45, 7) is 5.94. The van der Waals surface area contributed by atoms with E-state index in [1.807, 2.05) is 52.1 Å². The Kier molecular flexibility index (Phi) is 3.90. The molecule has 0 aliphatic heterocycles. The summed E-state index contributed by atoms with van der Waals surface area (Å²) in [5, 5.41) is 1.16. The summed E-state index contributed by atoms with van der Waals surface area (Å²) in [4.78, 5) is 22.1. The van der Waals surface area contributed by atoms with Crippen LogP contribution in [0.1, 0.15) is 40.3 Å². The Balaban J connectivity index is 1.87. The van der Waals surface area contributed by atoms with E-state index in [9.17, 15) is 4.79 Å². The topological polar surface area (TPSA) is 49.0 Å². The Labute approximate surface area is 136 Å². The number of benzene rings is 1. The van der Waals surface area contributed by atoms with Gasteiger partial charge in [-0.2, -0.15) is 0 Å². The van der Waals surface area contributed by atoms with E-state index in [0.29, 0.717) is 5.56 Å². The van der Waals surface area contributed by atoms with Crippen LogP contribution in [0.4, 0.5) is 0 Å². The van der Waals surface area contributed by atoms with Crippen molar-refractivity contribution in [2.75, 3.05) is 7.05 Å². The second-order valence-corrected chi connectivity index (χ2v) is 6.03. The monoisotopic (exact) mass is 307 g/mol. The first-order chi connectivity index (χ1) is 11.0. The van der Waals surface area contributed by atoms with Crippen LogP contribution in [-0.4, -0.2) is 27.8 Å². The summed E-state index contributed by atoms with van der Waals surface area (Å²) < 4.78 is 0. The van der Waals surface area contributed by atoms with Crippen LogP contribution in [0.5, 0.6) is 0 Å². The molecule has 0 saturated heterocycles. The molecule has 0 bridgehead atoms. The maximum Gasteiger partial charge on any atom is 0.255 e. The van der Waals surface area contributed by atoms with Gasteiger partial charge in [0.25, 0.3) is 5.91 Å². The van der Waals surface area contributed by atoms with Gasteiger partial charge in [0.2, 0.25) is 0 Å². The average Bonchev–Trinajstić information content (AvgIpc) is 2.99. The number of hydrogen-bond donors (Lipinski definition) is 1. The maximum atomic E-state index is 12.7. The molecule has 2 heterocycles. The van der Waals surface area contributed by atoms with Crippen LogP contribution < -0.4 is 0 Å². The molecule has 0 aliphatic carbocycles. The molecule has 4 heteroatoms. The van der Waals surface area contributed by atoms with Gasteiger partial charge in [-0.15, -0.1) is 0 Å². The van der Waals surface area contributed by atoms with Crippen LogP contribution in [0, 0.1) is 13.8 Å². The molecule has 1 N–H and O–H groups in total. The number of aromatic amines is 1. The zero-order chi connectivity index (χ0) is 16.6. The number of nitrogens with zero attached hydrogens (tertiary/aromatic N) is 2. The molecule has 3 aromatic rings. The fourth-order valence-corrected chi connectivity index (χ4v) is 2.67. The highest BCUT2D eigenvalue weighted by atomic mass is 16.2. The van der Waals surface area contributed by atoms with E-state index in [-0.39, 0.29) is 11.9 Å². The summed E-state index contributed by atoms with van der Waals surface area (Å²) in [5.41, 5.74) is 4.72. The lowest BCUT2D eigenvalue weighted by molar-refractivity contribution is 0.0739. The second-order valence-electron chi connectivity index (χ2n) is 6.03. The standard InChI is InChI=1S/C19H21N3O/c1-12-9-16(11-20-13(12)2)19(23)22(4)14(3)18-10-15-7-5-6-8-17(15)21-18/h5-11,14,21H,1-4H3/t14-/m1/s1. The van der Waals surface area contributed by atoms with Crippen LogP contribution >= 0.6 is 0 Å². The van der Waals surface area contributed by atoms with Crippen LogP contribution in [-0.2, 0) is 0 Å². The van der Waals surface area contributed by atoms with Gasteiger partial charge in [0, 0.05) is 30.1 Å². The molecule has 1 aromatic carbocycles. The zero-order valence-corrected chi connectivity index (χ0v) is 13.9. The van der Waals surface area contributed by atoms with E-state index in [1.165, 1.54) is 0 Å². The summed E-state index contributed by atoms with van der Waals surface area (Å²) in [5.74, 6) is -0.0215. The van der Waals surface area contributed by atoms with E-state index in [4.69, 9.17) is 0 Å². The lowest BCUT2D eigenvalue weighted by atomic mass is 10.1. The van der Waals surface area contributed by atoms with Gasteiger partial charge >= 0.3 is 0 Å². The highest BCUT2D eigenvalue weighted by molar-refractivity contribution is 5.94. The average molecular weight is 307 g/mol. The molecule has 4 nitrogen and oxygen atoms in total. The van der Waals surface area contributed by atoms with Gasteiger partial charge in [0.15, 0.2) is 0 Å². The molecule has 0 saturated carbocycles. The Morgan fingerprint density at radius 1 is 1.22 bits per heavy atom. The molecular formula is C19H21N3O. The Bertz CT molecular complexity index is 833. The Morgan fingerprint density at radius 2 is 1.96 bits per heavy atom. The number of aryl methyl sites for hydroxylation is 2. The predicted molar refractivity (Wildman–Crippen MR) is 92.5 cm³/mol. The van der Waals surface area contributed by atoms with Crippen molar-refractivity contribution in [1.82, 2.24) is 14.9 Å².